The zero-order valence-electron chi connectivity index (χ0n) is 22.7. The molecule has 4 rings (SSSR count). The summed E-state index contributed by atoms with van der Waals surface area (Å²) in [6, 6.07) is 10.7. The van der Waals surface area contributed by atoms with Crippen molar-refractivity contribution in [2.24, 2.45) is 0 Å². The summed E-state index contributed by atoms with van der Waals surface area (Å²) in [5, 5.41) is 15.9. The third-order valence-corrected chi connectivity index (χ3v) is 6.97. The maximum atomic E-state index is 13.8. The van der Waals surface area contributed by atoms with Crippen LogP contribution in [0.1, 0.15) is 50.2 Å². The van der Waals surface area contributed by atoms with E-state index in [-0.39, 0.29) is 24.4 Å². The highest BCUT2D eigenvalue weighted by atomic mass is 16.5. The summed E-state index contributed by atoms with van der Waals surface area (Å²) in [6.45, 7) is 5.67. The molecule has 0 unspecified atom stereocenters. The summed E-state index contributed by atoms with van der Waals surface area (Å²) in [7, 11) is 3.12. The van der Waals surface area contributed by atoms with Crippen LogP contribution in [0.4, 0.5) is 5.69 Å². The number of hydrogen-bond acceptors (Lipinski definition) is 7. The molecule has 0 aliphatic heterocycles. The summed E-state index contributed by atoms with van der Waals surface area (Å²) in [5.74, 6) is 1.06. The Morgan fingerprint density at radius 2 is 1.82 bits per heavy atom. The number of methoxy groups -OCH3 is 2. The third-order valence-electron chi connectivity index (χ3n) is 6.97. The Morgan fingerprint density at radius 1 is 1.08 bits per heavy atom. The van der Waals surface area contributed by atoms with Crippen molar-refractivity contribution in [3.05, 3.63) is 47.5 Å². The van der Waals surface area contributed by atoms with E-state index in [9.17, 15) is 9.59 Å². The fourth-order valence-electron chi connectivity index (χ4n) is 4.91. The summed E-state index contributed by atoms with van der Waals surface area (Å²) < 4.78 is 10.7. The molecule has 2 amide bonds. The summed E-state index contributed by atoms with van der Waals surface area (Å²) in [5.41, 5.74) is 3.30. The number of aromatic nitrogens is 4. The second-order valence-corrected chi connectivity index (χ2v) is 9.68. The maximum Gasteiger partial charge on any atom is 0.251 e. The number of benzene rings is 2. The number of nitrogens with one attached hydrogen (secondary N) is 1. The van der Waals surface area contributed by atoms with Crippen molar-refractivity contribution in [2.45, 2.75) is 71.5 Å². The van der Waals surface area contributed by atoms with E-state index >= 15 is 0 Å². The average Bonchev–Trinajstić information content (AvgIpc) is 3.60. The van der Waals surface area contributed by atoms with Gasteiger partial charge in [-0.1, -0.05) is 31.9 Å². The van der Waals surface area contributed by atoms with E-state index in [1.54, 1.807) is 37.3 Å². The SMILES string of the molecule is CC[C@@H](C(=O)NC1CCCC1)N(C(=O)Cn1nnc(-c2ccc(OC)c(OC)c2)n1)c1cc(C)ccc1C. The highest BCUT2D eigenvalue weighted by Gasteiger charge is 2.33. The van der Waals surface area contributed by atoms with E-state index in [1.165, 1.54) is 4.80 Å². The minimum Gasteiger partial charge on any atom is -0.493 e. The van der Waals surface area contributed by atoms with Gasteiger partial charge in [0.05, 0.1) is 14.2 Å². The molecule has 10 nitrogen and oxygen atoms in total. The summed E-state index contributed by atoms with van der Waals surface area (Å²) in [4.78, 5) is 30.1. The van der Waals surface area contributed by atoms with Gasteiger partial charge in [-0.15, -0.1) is 10.2 Å². The first kappa shape index (κ1) is 27.1. The molecule has 1 aromatic heterocycles. The molecule has 1 atom stereocenters. The van der Waals surface area contributed by atoms with E-state index in [0.717, 1.165) is 36.8 Å². The zero-order valence-corrected chi connectivity index (χ0v) is 22.7. The van der Waals surface area contributed by atoms with Gasteiger partial charge in [-0.3, -0.25) is 14.5 Å². The molecular formula is C28H36N6O4. The van der Waals surface area contributed by atoms with Gasteiger partial charge in [-0.05, 0) is 73.7 Å². The van der Waals surface area contributed by atoms with E-state index in [1.807, 2.05) is 39.0 Å². The van der Waals surface area contributed by atoms with E-state index in [4.69, 9.17) is 9.47 Å². The molecule has 1 fully saturated rings. The van der Waals surface area contributed by atoms with Crippen LogP contribution in [0, 0.1) is 13.8 Å². The van der Waals surface area contributed by atoms with Crippen LogP contribution >= 0.6 is 0 Å². The number of nitrogens with zero attached hydrogens (tertiary/aromatic N) is 5. The van der Waals surface area contributed by atoms with Crippen LogP contribution in [-0.4, -0.2) is 58.3 Å². The molecule has 1 N–H and O–H groups in total. The smallest absolute Gasteiger partial charge is 0.251 e. The Balaban J connectivity index is 1.61. The number of carbonyl (C=O) groups is 2. The largest absolute Gasteiger partial charge is 0.493 e. The summed E-state index contributed by atoms with van der Waals surface area (Å²) in [6.07, 6.45) is 4.64. The van der Waals surface area contributed by atoms with Crippen LogP contribution in [0.5, 0.6) is 11.5 Å². The number of tetrazole rings is 1. The average molecular weight is 521 g/mol. The Labute approximate surface area is 223 Å². The zero-order chi connectivity index (χ0) is 27.2. The van der Waals surface area contributed by atoms with Crippen molar-refractivity contribution in [2.75, 3.05) is 19.1 Å². The number of anilines is 1. The fraction of sp³-hybridized carbons (Fsp3) is 0.464. The molecule has 0 bridgehead atoms. The molecular weight excluding hydrogens is 484 g/mol. The maximum absolute atomic E-state index is 13.8. The van der Waals surface area contributed by atoms with Gasteiger partial charge in [0.1, 0.15) is 12.6 Å². The Kier molecular flexibility index (Phi) is 8.60. The molecule has 0 radical (unpaired) electrons. The lowest BCUT2D eigenvalue weighted by Crippen LogP contribution is -2.52. The van der Waals surface area contributed by atoms with Crippen molar-refractivity contribution in [3.8, 4) is 22.9 Å². The van der Waals surface area contributed by atoms with E-state index in [2.05, 4.69) is 20.7 Å². The lowest BCUT2D eigenvalue weighted by molar-refractivity contribution is -0.127. The van der Waals surface area contributed by atoms with E-state index in [0.29, 0.717) is 35.0 Å². The first-order chi connectivity index (χ1) is 18.3. The standard InChI is InChI=1S/C28H36N6O4/c1-6-22(28(36)29-21-9-7-8-10-21)34(23-15-18(2)11-12-19(23)3)26(35)17-33-31-27(30-32-33)20-13-14-24(37-4)25(16-20)38-5/h11-16,21-22H,6-10,17H2,1-5H3,(H,29,36)/t22-/m0/s1. The highest BCUT2D eigenvalue weighted by molar-refractivity contribution is 6.01. The first-order valence-electron chi connectivity index (χ1n) is 13.0. The number of aryl methyl sites for hydroxylation is 2. The van der Waals surface area contributed by atoms with Crippen molar-refractivity contribution in [1.82, 2.24) is 25.5 Å². The normalized spacial score (nSPS) is 14.2. The van der Waals surface area contributed by atoms with Gasteiger partial charge in [0, 0.05) is 17.3 Å². The van der Waals surface area contributed by atoms with Crippen LogP contribution in [0.15, 0.2) is 36.4 Å². The summed E-state index contributed by atoms with van der Waals surface area (Å²) >= 11 is 0. The predicted octanol–water partition coefficient (Wildman–Crippen LogP) is 3.84. The van der Waals surface area contributed by atoms with Crippen LogP contribution < -0.4 is 19.7 Å². The molecule has 202 valence electrons. The molecule has 2 aromatic carbocycles. The van der Waals surface area contributed by atoms with Crippen molar-refractivity contribution in [3.63, 3.8) is 0 Å². The second-order valence-electron chi connectivity index (χ2n) is 9.68. The molecule has 1 aliphatic rings. The number of carbonyl (C=O) groups excluding carboxylic acids is 2. The van der Waals surface area contributed by atoms with Gasteiger partial charge in [0.2, 0.25) is 11.7 Å². The third kappa shape index (κ3) is 5.95. The first-order valence-corrected chi connectivity index (χ1v) is 13.0. The van der Waals surface area contributed by atoms with Gasteiger partial charge in [-0.25, -0.2) is 0 Å². The molecule has 0 saturated heterocycles. The molecule has 1 heterocycles. The van der Waals surface area contributed by atoms with Crippen molar-refractivity contribution in [1.29, 1.82) is 0 Å². The predicted molar refractivity (Wildman–Crippen MR) is 144 cm³/mol. The molecule has 1 saturated carbocycles. The van der Waals surface area contributed by atoms with Gasteiger partial charge in [0.15, 0.2) is 11.5 Å². The van der Waals surface area contributed by atoms with Crippen LogP contribution in [0.3, 0.4) is 0 Å². The van der Waals surface area contributed by atoms with Gasteiger partial charge < -0.3 is 14.8 Å². The molecule has 1 aliphatic carbocycles. The topological polar surface area (TPSA) is 111 Å². The second kappa shape index (κ2) is 12.1. The Morgan fingerprint density at radius 3 is 2.50 bits per heavy atom. The lowest BCUT2D eigenvalue weighted by atomic mass is 10.0. The molecule has 38 heavy (non-hydrogen) atoms. The van der Waals surface area contributed by atoms with Gasteiger partial charge in [0.25, 0.3) is 5.91 Å². The van der Waals surface area contributed by atoms with Gasteiger partial charge >= 0.3 is 0 Å². The molecule has 10 heteroatoms. The van der Waals surface area contributed by atoms with Gasteiger partial charge in [-0.2, -0.15) is 4.80 Å². The van der Waals surface area contributed by atoms with E-state index < -0.39 is 6.04 Å². The molecule has 0 spiro atoms. The minimum atomic E-state index is -0.655. The quantitative estimate of drug-likeness (QED) is 0.432. The lowest BCUT2D eigenvalue weighted by Gasteiger charge is -2.32. The van der Waals surface area contributed by atoms with Crippen LogP contribution in [0.2, 0.25) is 0 Å². The number of rotatable bonds is 10. The number of hydrogen-bond donors (Lipinski definition) is 1. The Bertz CT molecular complexity index is 1280. The fourth-order valence-corrected chi connectivity index (χ4v) is 4.91. The van der Waals surface area contributed by atoms with Crippen LogP contribution in [-0.2, 0) is 16.1 Å². The number of ether oxygens (including phenoxy) is 2. The van der Waals surface area contributed by atoms with Crippen molar-refractivity contribution >= 4 is 17.5 Å². The van der Waals surface area contributed by atoms with Crippen molar-refractivity contribution < 1.29 is 19.1 Å². The van der Waals surface area contributed by atoms with Crippen LogP contribution in [0.25, 0.3) is 11.4 Å². The number of amides is 2. The minimum absolute atomic E-state index is 0.133. The molecule has 3 aromatic rings. The highest BCUT2D eigenvalue weighted by Crippen LogP contribution is 2.31. The monoisotopic (exact) mass is 520 g/mol. The Hall–Kier alpha value is -3.95.